The number of nitro benzene ring substituents is 1. The van der Waals surface area contributed by atoms with Gasteiger partial charge in [0.1, 0.15) is 11.3 Å². The molecule has 1 aromatic carbocycles. The zero-order chi connectivity index (χ0) is 14.9. The number of para-hydroxylation sites is 1. The molecule has 0 spiro atoms. The van der Waals surface area contributed by atoms with Crippen molar-refractivity contribution in [2.24, 2.45) is 0 Å². The van der Waals surface area contributed by atoms with E-state index in [0.717, 1.165) is 0 Å². The lowest BCUT2D eigenvalue weighted by Gasteiger charge is -2.35. The van der Waals surface area contributed by atoms with Crippen molar-refractivity contribution >= 4 is 17.3 Å². The van der Waals surface area contributed by atoms with Crippen molar-refractivity contribution in [2.45, 2.75) is 26.1 Å². The Morgan fingerprint density at radius 2 is 2.00 bits per heavy atom. The number of anilines is 1. The zero-order valence-electron chi connectivity index (χ0n) is 11.4. The number of amides is 1. The summed E-state index contributed by atoms with van der Waals surface area (Å²) in [5, 5.41) is 11.1. The molecule has 1 saturated heterocycles. The van der Waals surface area contributed by atoms with Crippen LogP contribution in [0.4, 0.5) is 11.4 Å². The summed E-state index contributed by atoms with van der Waals surface area (Å²) in [6.07, 6.45) is -0.189. The number of hydrogen-bond acceptors (Lipinski definition) is 5. The second-order valence-corrected chi connectivity index (χ2v) is 4.97. The van der Waals surface area contributed by atoms with Crippen molar-refractivity contribution in [1.82, 2.24) is 4.90 Å². The summed E-state index contributed by atoms with van der Waals surface area (Å²) in [6, 6.07) is 4.39. The van der Waals surface area contributed by atoms with Crippen LogP contribution in [0.15, 0.2) is 18.2 Å². The second kappa shape index (κ2) is 5.46. The maximum absolute atomic E-state index is 12.5. The predicted octanol–water partition coefficient (Wildman–Crippen LogP) is 1.43. The van der Waals surface area contributed by atoms with E-state index in [1.54, 1.807) is 11.0 Å². The number of nitro groups is 1. The third-order valence-electron chi connectivity index (χ3n) is 3.19. The van der Waals surface area contributed by atoms with Crippen LogP contribution in [-0.4, -0.2) is 41.0 Å². The molecule has 20 heavy (non-hydrogen) atoms. The molecular formula is C13H17N3O4. The molecule has 0 aromatic heterocycles. The van der Waals surface area contributed by atoms with Crippen molar-refractivity contribution < 1.29 is 14.5 Å². The van der Waals surface area contributed by atoms with E-state index < -0.39 is 4.92 Å². The molecule has 1 amide bonds. The minimum absolute atomic E-state index is 0.00444. The fourth-order valence-corrected chi connectivity index (χ4v) is 2.45. The number of nitrogens with two attached hydrogens (primary N) is 1. The highest BCUT2D eigenvalue weighted by Gasteiger charge is 2.31. The first-order chi connectivity index (χ1) is 9.40. The number of hydrogen-bond donors (Lipinski definition) is 1. The van der Waals surface area contributed by atoms with E-state index in [2.05, 4.69) is 0 Å². The molecule has 2 atom stereocenters. The second-order valence-electron chi connectivity index (χ2n) is 4.97. The molecular weight excluding hydrogens is 262 g/mol. The zero-order valence-corrected chi connectivity index (χ0v) is 11.4. The molecule has 0 unspecified atom stereocenters. The van der Waals surface area contributed by atoms with Gasteiger partial charge in [-0.25, -0.2) is 0 Å². The number of nitrogen functional groups attached to an aromatic ring is 1. The van der Waals surface area contributed by atoms with Gasteiger partial charge in [-0.15, -0.1) is 0 Å². The van der Waals surface area contributed by atoms with Crippen LogP contribution in [0.5, 0.6) is 0 Å². The average Bonchev–Trinajstić information content (AvgIpc) is 2.35. The molecule has 1 aliphatic rings. The van der Waals surface area contributed by atoms with Gasteiger partial charge in [0.05, 0.1) is 17.1 Å². The standard InChI is InChI=1S/C13H17N3O4/c1-8-6-15(7-9(2)20-8)13(17)10-4-3-5-11(14)12(10)16(18)19/h3-5,8-9H,6-7,14H2,1-2H3/t8-,9+. The first kappa shape index (κ1) is 14.3. The summed E-state index contributed by atoms with van der Waals surface area (Å²) in [7, 11) is 0. The Bertz CT molecular complexity index is 536. The van der Waals surface area contributed by atoms with Gasteiger partial charge in [0.25, 0.3) is 5.91 Å². The number of rotatable bonds is 2. The molecule has 2 rings (SSSR count). The van der Waals surface area contributed by atoms with Gasteiger partial charge in [0.15, 0.2) is 0 Å². The maximum Gasteiger partial charge on any atom is 0.304 e. The minimum Gasteiger partial charge on any atom is -0.393 e. The molecule has 1 fully saturated rings. The van der Waals surface area contributed by atoms with E-state index in [1.807, 2.05) is 13.8 Å². The van der Waals surface area contributed by atoms with Crippen LogP contribution in [0, 0.1) is 10.1 Å². The number of carbonyl (C=O) groups excluding carboxylic acids is 1. The highest BCUT2D eigenvalue weighted by Crippen LogP contribution is 2.27. The summed E-state index contributed by atoms with van der Waals surface area (Å²) >= 11 is 0. The van der Waals surface area contributed by atoms with Gasteiger partial charge in [-0.3, -0.25) is 14.9 Å². The number of morpholine rings is 1. The Morgan fingerprint density at radius 1 is 1.40 bits per heavy atom. The predicted molar refractivity (Wildman–Crippen MR) is 73.4 cm³/mol. The Morgan fingerprint density at radius 3 is 2.55 bits per heavy atom. The third-order valence-corrected chi connectivity index (χ3v) is 3.19. The van der Waals surface area contributed by atoms with E-state index in [0.29, 0.717) is 13.1 Å². The van der Waals surface area contributed by atoms with Gasteiger partial charge in [-0.05, 0) is 26.0 Å². The lowest BCUT2D eigenvalue weighted by Crippen LogP contribution is -2.48. The molecule has 108 valence electrons. The molecule has 1 aromatic rings. The van der Waals surface area contributed by atoms with Gasteiger partial charge in [-0.1, -0.05) is 6.07 Å². The quantitative estimate of drug-likeness (QED) is 0.501. The van der Waals surface area contributed by atoms with Crippen LogP contribution in [0.25, 0.3) is 0 Å². The number of carbonyl (C=O) groups is 1. The lowest BCUT2D eigenvalue weighted by atomic mass is 10.1. The van der Waals surface area contributed by atoms with Crippen molar-refractivity contribution in [1.29, 1.82) is 0 Å². The maximum atomic E-state index is 12.5. The largest absolute Gasteiger partial charge is 0.393 e. The van der Waals surface area contributed by atoms with Crippen molar-refractivity contribution in [2.75, 3.05) is 18.8 Å². The van der Waals surface area contributed by atoms with Crippen LogP contribution in [0.2, 0.25) is 0 Å². The molecule has 7 nitrogen and oxygen atoms in total. The number of ether oxygens (including phenoxy) is 1. The summed E-state index contributed by atoms with van der Waals surface area (Å²) in [5.74, 6) is -0.383. The van der Waals surface area contributed by atoms with Crippen molar-refractivity contribution in [3.05, 3.63) is 33.9 Å². The highest BCUT2D eigenvalue weighted by atomic mass is 16.6. The first-order valence-electron chi connectivity index (χ1n) is 6.37. The Kier molecular flexibility index (Phi) is 3.89. The molecule has 2 N–H and O–H groups in total. The molecule has 7 heteroatoms. The van der Waals surface area contributed by atoms with Crippen LogP contribution in [0.3, 0.4) is 0 Å². The van der Waals surface area contributed by atoms with Crippen LogP contribution in [-0.2, 0) is 4.74 Å². The minimum atomic E-state index is -0.615. The van der Waals surface area contributed by atoms with Gasteiger partial charge in [0.2, 0.25) is 0 Å². The smallest absolute Gasteiger partial charge is 0.304 e. The van der Waals surface area contributed by atoms with Crippen LogP contribution >= 0.6 is 0 Å². The monoisotopic (exact) mass is 279 g/mol. The molecule has 0 radical (unpaired) electrons. The van der Waals surface area contributed by atoms with Gasteiger partial charge >= 0.3 is 5.69 Å². The highest BCUT2D eigenvalue weighted by molar-refractivity contribution is 6.00. The topological polar surface area (TPSA) is 98.7 Å². The van der Waals surface area contributed by atoms with Crippen LogP contribution in [0.1, 0.15) is 24.2 Å². The van der Waals surface area contributed by atoms with Gasteiger partial charge in [-0.2, -0.15) is 0 Å². The summed E-state index contributed by atoms with van der Waals surface area (Å²) in [4.78, 5) is 24.5. The summed E-state index contributed by atoms with van der Waals surface area (Å²) in [5.41, 5.74) is 5.30. The van der Waals surface area contributed by atoms with E-state index in [4.69, 9.17) is 10.5 Å². The Balaban J connectivity index is 2.34. The molecule has 0 bridgehead atoms. The van der Waals surface area contributed by atoms with Gasteiger partial charge in [0, 0.05) is 13.1 Å². The van der Waals surface area contributed by atoms with E-state index in [1.165, 1.54) is 12.1 Å². The average molecular weight is 279 g/mol. The fourth-order valence-electron chi connectivity index (χ4n) is 2.45. The van der Waals surface area contributed by atoms with Crippen LogP contribution < -0.4 is 5.73 Å². The third kappa shape index (κ3) is 2.72. The SMILES string of the molecule is C[C@@H]1CN(C(=O)c2cccc(N)c2[N+](=O)[O-])C[C@H](C)O1. The van der Waals surface area contributed by atoms with E-state index in [9.17, 15) is 14.9 Å². The molecule has 0 saturated carbocycles. The first-order valence-corrected chi connectivity index (χ1v) is 6.37. The Labute approximate surface area is 116 Å². The summed E-state index contributed by atoms with van der Waals surface area (Å²) in [6.45, 7) is 4.55. The number of nitrogens with zero attached hydrogens (tertiary/aromatic N) is 2. The number of benzene rings is 1. The normalized spacial score (nSPS) is 22.6. The van der Waals surface area contributed by atoms with Crippen molar-refractivity contribution in [3.63, 3.8) is 0 Å². The van der Waals surface area contributed by atoms with E-state index >= 15 is 0 Å². The summed E-state index contributed by atoms with van der Waals surface area (Å²) < 4.78 is 5.55. The van der Waals surface area contributed by atoms with E-state index in [-0.39, 0.29) is 35.1 Å². The molecule has 1 heterocycles. The molecule has 0 aliphatic carbocycles. The van der Waals surface area contributed by atoms with Gasteiger partial charge < -0.3 is 15.4 Å². The van der Waals surface area contributed by atoms with Crippen molar-refractivity contribution in [3.8, 4) is 0 Å². The fraction of sp³-hybridized carbons (Fsp3) is 0.462. The molecule has 1 aliphatic heterocycles. The Hall–Kier alpha value is -2.15. The lowest BCUT2D eigenvalue weighted by molar-refractivity contribution is -0.384.